The highest BCUT2D eigenvalue weighted by Gasteiger charge is 2.46. The summed E-state index contributed by atoms with van der Waals surface area (Å²) >= 11 is 5.83. The first-order valence-electron chi connectivity index (χ1n) is 5.50. The lowest BCUT2D eigenvalue weighted by molar-refractivity contribution is -0.137. The second-order valence-corrected chi connectivity index (χ2v) is 4.80. The fourth-order valence-corrected chi connectivity index (χ4v) is 2.12. The lowest BCUT2D eigenvalue weighted by Crippen LogP contribution is -2.51. The topological polar surface area (TPSA) is 49.3 Å². The molecular weight excluding hydrogens is 264 g/mol. The van der Waals surface area contributed by atoms with E-state index < -0.39 is 24.0 Å². The van der Waals surface area contributed by atoms with Crippen LogP contribution in [-0.4, -0.2) is 23.0 Å². The third kappa shape index (κ3) is 2.79. The summed E-state index contributed by atoms with van der Waals surface area (Å²) in [6.45, 7) is 0. The molecule has 0 bridgehead atoms. The molecule has 18 heavy (non-hydrogen) atoms. The average Bonchev–Trinajstić information content (AvgIpc) is 2.26. The molecule has 1 aromatic carbocycles. The van der Waals surface area contributed by atoms with Gasteiger partial charge in [-0.3, -0.25) is 4.79 Å². The maximum absolute atomic E-state index is 12.6. The minimum Gasteiger partial charge on any atom is -0.378 e. The number of aliphatic hydroxyl groups excluding tert-OH is 1. The van der Waals surface area contributed by atoms with Gasteiger partial charge in [-0.1, -0.05) is 29.8 Å². The van der Waals surface area contributed by atoms with Gasteiger partial charge in [-0.2, -0.15) is 0 Å². The van der Waals surface area contributed by atoms with Crippen molar-refractivity contribution >= 4 is 17.5 Å². The maximum atomic E-state index is 12.6. The Bertz CT molecular complexity index is 459. The van der Waals surface area contributed by atoms with Gasteiger partial charge in [-0.15, -0.1) is 0 Å². The molecule has 0 spiro atoms. The maximum Gasteiger partial charge on any atom is 0.253 e. The van der Waals surface area contributed by atoms with Gasteiger partial charge < -0.3 is 10.4 Å². The average molecular weight is 276 g/mol. The number of benzene rings is 1. The van der Waals surface area contributed by atoms with E-state index in [-0.39, 0.29) is 23.4 Å². The first-order chi connectivity index (χ1) is 8.39. The Kier molecular flexibility index (Phi) is 3.54. The normalized spacial score (nSPS) is 20.0. The molecule has 0 heterocycles. The first kappa shape index (κ1) is 13.2. The predicted molar refractivity (Wildman–Crippen MR) is 62.5 cm³/mol. The number of carbonyl (C=O) groups is 1. The summed E-state index contributed by atoms with van der Waals surface area (Å²) in [6, 6.07) is 5.79. The fourth-order valence-electron chi connectivity index (χ4n) is 1.88. The van der Waals surface area contributed by atoms with Gasteiger partial charge >= 0.3 is 0 Å². The molecule has 1 aliphatic rings. The Morgan fingerprint density at radius 1 is 1.44 bits per heavy atom. The van der Waals surface area contributed by atoms with Crippen molar-refractivity contribution < 1.29 is 18.7 Å². The number of aliphatic hydroxyl groups is 1. The molecule has 0 saturated heterocycles. The van der Waals surface area contributed by atoms with E-state index in [9.17, 15) is 18.7 Å². The number of nitrogens with one attached hydrogen (secondary N) is 1. The number of hydrogen-bond acceptors (Lipinski definition) is 2. The molecule has 0 aliphatic heterocycles. The Labute approximate surface area is 108 Å². The molecule has 98 valence electrons. The summed E-state index contributed by atoms with van der Waals surface area (Å²) in [5.74, 6) is -3.41. The highest BCUT2D eigenvalue weighted by Crippen LogP contribution is 2.37. The molecule has 1 aromatic rings. The van der Waals surface area contributed by atoms with E-state index in [0.717, 1.165) is 0 Å². The van der Waals surface area contributed by atoms with Crippen molar-refractivity contribution in [3.8, 4) is 0 Å². The minimum atomic E-state index is -2.70. The summed E-state index contributed by atoms with van der Waals surface area (Å²) in [5.41, 5.74) is 0.266. The summed E-state index contributed by atoms with van der Waals surface area (Å²) < 4.78 is 25.2. The van der Waals surface area contributed by atoms with Crippen molar-refractivity contribution in [2.24, 2.45) is 0 Å². The number of halogens is 3. The van der Waals surface area contributed by atoms with Gasteiger partial charge in [0.25, 0.3) is 11.8 Å². The van der Waals surface area contributed by atoms with E-state index in [1.54, 1.807) is 18.2 Å². The van der Waals surface area contributed by atoms with Crippen molar-refractivity contribution in [3.63, 3.8) is 0 Å². The molecule has 1 aliphatic carbocycles. The van der Waals surface area contributed by atoms with Crippen molar-refractivity contribution in [2.45, 2.75) is 30.9 Å². The van der Waals surface area contributed by atoms with Crippen molar-refractivity contribution in [1.82, 2.24) is 5.32 Å². The van der Waals surface area contributed by atoms with Gasteiger partial charge in [-0.25, -0.2) is 8.78 Å². The summed E-state index contributed by atoms with van der Waals surface area (Å²) in [7, 11) is 0. The van der Waals surface area contributed by atoms with Crippen LogP contribution in [0.2, 0.25) is 5.02 Å². The fraction of sp³-hybridized carbons (Fsp3) is 0.417. The Morgan fingerprint density at radius 3 is 2.61 bits per heavy atom. The van der Waals surface area contributed by atoms with Crippen LogP contribution in [0.15, 0.2) is 24.3 Å². The summed E-state index contributed by atoms with van der Waals surface area (Å²) in [5, 5.41) is 12.4. The van der Waals surface area contributed by atoms with Crippen LogP contribution in [0.25, 0.3) is 0 Å². The van der Waals surface area contributed by atoms with Gasteiger partial charge in [0.15, 0.2) is 6.10 Å². The summed E-state index contributed by atoms with van der Waals surface area (Å²) in [6.07, 6.45) is -2.20. The van der Waals surface area contributed by atoms with Crippen LogP contribution in [0.3, 0.4) is 0 Å². The highest BCUT2D eigenvalue weighted by atomic mass is 35.5. The third-order valence-corrected chi connectivity index (χ3v) is 3.23. The number of amides is 1. The lowest BCUT2D eigenvalue weighted by atomic mass is 9.88. The van der Waals surface area contributed by atoms with Crippen LogP contribution in [0, 0.1) is 0 Å². The lowest BCUT2D eigenvalue weighted by Gasteiger charge is -2.35. The third-order valence-electron chi connectivity index (χ3n) is 2.88. The molecular formula is C12H12ClF2NO2. The van der Waals surface area contributed by atoms with Gasteiger partial charge in [0.05, 0.1) is 0 Å². The van der Waals surface area contributed by atoms with E-state index >= 15 is 0 Å². The van der Waals surface area contributed by atoms with Crippen molar-refractivity contribution in [2.75, 3.05) is 0 Å². The molecule has 1 amide bonds. The first-order valence-corrected chi connectivity index (χ1v) is 5.87. The van der Waals surface area contributed by atoms with Gasteiger partial charge in [-0.05, 0) is 6.07 Å². The summed E-state index contributed by atoms with van der Waals surface area (Å²) in [4.78, 5) is 11.6. The molecule has 1 unspecified atom stereocenters. The molecule has 6 heteroatoms. The largest absolute Gasteiger partial charge is 0.378 e. The molecule has 1 fully saturated rings. The zero-order valence-electron chi connectivity index (χ0n) is 9.37. The quantitative estimate of drug-likeness (QED) is 0.889. The van der Waals surface area contributed by atoms with Crippen LogP contribution in [0.5, 0.6) is 0 Å². The molecule has 1 atom stereocenters. The van der Waals surface area contributed by atoms with E-state index in [0.29, 0.717) is 0 Å². The Balaban J connectivity index is 1.96. The van der Waals surface area contributed by atoms with E-state index in [1.165, 1.54) is 6.07 Å². The number of rotatable bonds is 3. The number of carbonyl (C=O) groups excluding carboxylic acids is 1. The minimum absolute atomic E-state index is 0.263. The van der Waals surface area contributed by atoms with Crippen LogP contribution >= 0.6 is 11.6 Å². The predicted octanol–water partition coefficient (Wildman–Crippen LogP) is 2.29. The molecule has 3 nitrogen and oxygen atoms in total. The zero-order chi connectivity index (χ0) is 13.3. The second-order valence-electron chi connectivity index (χ2n) is 4.39. The van der Waals surface area contributed by atoms with E-state index in [1.807, 2.05) is 0 Å². The highest BCUT2D eigenvalue weighted by molar-refractivity contribution is 6.31. The molecule has 0 radical (unpaired) electrons. The Morgan fingerprint density at radius 2 is 2.06 bits per heavy atom. The monoisotopic (exact) mass is 275 g/mol. The SMILES string of the molecule is O=C(NC1CC(F)(F)C1)C(O)c1ccccc1Cl. The van der Waals surface area contributed by atoms with Crippen molar-refractivity contribution in [1.29, 1.82) is 0 Å². The molecule has 2 rings (SSSR count). The van der Waals surface area contributed by atoms with Gasteiger partial charge in [0, 0.05) is 29.5 Å². The van der Waals surface area contributed by atoms with Gasteiger partial charge in [0.1, 0.15) is 0 Å². The van der Waals surface area contributed by atoms with Crippen LogP contribution in [0.1, 0.15) is 24.5 Å². The van der Waals surface area contributed by atoms with Crippen LogP contribution in [0.4, 0.5) is 8.78 Å². The Hall–Kier alpha value is -1.20. The van der Waals surface area contributed by atoms with Crippen LogP contribution in [-0.2, 0) is 4.79 Å². The smallest absolute Gasteiger partial charge is 0.253 e. The van der Waals surface area contributed by atoms with E-state index in [2.05, 4.69) is 5.32 Å². The van der Waals surface area contributed by atoms with Gasteiger partial charge in [0.2, 0.25) is 0 Å². The van der Waals surface area contributed by atoms with Crippen molar-refractivity contribution in [3.05, 3.63) is 34.9 Å². The molecule has 0 aromatic heterocycles. The molecule has 2 N–H and O–H groups in total. The standard InChI is InChI=1S/C12H12ClF2NO2/c13-9-4-2-1-3-8(9)10(17)11(18)16-7-5-12(14,15)6-7/h1-4,7,10,17H,5-6H2,(H,16,18). The van der Waals surface area contributed by atoms with Crippen LogP contribution < -0.4 is 5.32 Å². The number of alkyl halides is 2. The zero-order valence-corrected chi connectivity index (χ0v) is 10.1. The number of hydrogen-bond donors (Lipinski definition) is 2. The van der Waals surface area contributed by atoms with E-state index in [4.69, 9.17) is 11.6 Å². The molecule has 1 saturated carbocycles. The second kappa shape index (κ2) is 4.82.